The first-order valence-electron chi connectivity index (χ1n) is 11.3. The van der Waals surface area contributed by atoms with Gasteiger partial charge in [0.2, 0.25) is 12.1 Å². The quantitative estimate of drug-likeness (QED) is 0.624. The van der Waals surface area contributed by atoms with E-state index < -0.39 is 29.4 Å². The SMILES string of the molecule is COc1ccc(C(F)N2Cc3cc(CN(C)CC4CCNCC4)cc(C)c3C2=O)c(F)c1F. The molecule has 2 aliphatic rings. The number of benzene rings is 2. The number of nitrogens with zero attached hydrogens (tertiary/aromatic N) is 2. The van der Waals surface area contributed by atoms with Crippen molar-refractivity contribution in [1.82, 2.24) is 15.1 Å². The summed E-state index contributed by atoms with van der Waals surface area (Å²) in [7, 11) is 3.29. The van der Waals surface area contributed by atoms with E-state index in [1.165, 1.54) is 7.11 Å². The van der Waals surface area contributed by atoms with Gasteiger partial charge in [0.05, 0.1) is 7.11 Å². The highest BCUT2D eigenvalue weighted by molar-refractivity contribution is 6.00. The number of nitrogens with one attached hydrogen (secondary N) is 1. The van der Waals surface area contributed by atoms with Crippen LogP contribution < -0.4 is 10.1 Å². The van der Waals surface area contributed by atoms with Crippen LogP contribution >= 0.6 is 0 Å². The van der Waals surface area contributed by atoms with Crippen molar-refractivity contribution in [1.29, 1.82) is 0 Å². The number of aryl methyl sites for hydroxylation is 1. The summed E-state index contributed by atoms with van der Waals surface area (Å²) in [5, 5.41) is 3.38. The summed E-state index contributed by atoms with van der Waals surface area (Å²) in [6.07, 6.45) is 0.227. The maximum Gasteiger partial charge on any atom is 0.257 e. The van der Waals surface area contributed by atoms with Crippen LogP contribution in [0.3, 0.4) is 0 Å². The number of rotatable bonds is 7. The Morgan fingerprint density at radius 3 is 2.64 bits per heavy atom. The lowest BCUT2D eigenvalue weighted by Crippen LogP contribution is -2.34. The van der Waals surface area contributed by atoms with E-state index in [1.807, 2.05) is 19.1 Å². The van der Waals surface area contributed by atoms with Crippen LogP contribution in [0, 0.1) is 24.5 Å². The first-order chi connectivity index (χ1) is 15.8. The van der Waals surface area contributed by atoms with Gasteiger partial charge in [-0.25, -0.2) is 8.78 Å². The van der Waals surface area contributed by atoms with Gasteiger partial charge in [-0.05, 0) is 74.6 Å². The van der Waals surface area contributed by atoms with Gasteiger partial charge in [0.15, 0.2) is 11.6 Å². The highest BCUT2D eigenvalue weighted by Crippen LogP contribution is 2.37. The van der Waals surface area contributed by atoms with Crippen LogP contribution in [0.2, 0.25) is 0 Å². The number of methoxy groups -OCH3 is 1. The summed E-state index contributed by atoms with van der Waals surface area (Å²) in [6.45, 7) is 5.67. The molecule has 1 fully saturated rings. The summed E-state index contributed by atoms with van der Waals surface area (Å²) in [6, 6.07) is 6.17. The Kier molecular flexibility index (Phi) is 6.95. The zero-order valence-corrected chi connectivity index (χ0v) is 19.3. The van der Waals surface area contributed by atoms with Gasteiger partial charge in [0.1, 0.15) is 0 Å². The van der Waals surface area contributed by atoms with Crippen molar-refractivity contribution in [2.24, 2.45) is 5.92 Å². The van der Waals surface area contributed by atoms with Gasteiger partial charge < -0.3 is 19.9 Å². The predicted molar refractivity (Wildman–Crippen MR) is 120 cm³/mol. The Bertz CT molecular complexity index is 1040. The predicted octanol–water partition coefficient (Wildman–Crippen LogP) is 4.34. The number of ether oxygens (including phenoxy) is 1. The van der Waals surface area contributed by atoms with Gasteiger partial charge in [0.25, 0.3) is 5.91 Å². The molecule has 0 bridgehead atoms. The first kappa shape index (κ1) is 23.6. The Hall–Kier alpha value is -2.58. The lowest BCUT2D eigenvalue weighted by atomic mass is 9.97. The van der Waals surface area contributed by atoms with E-state index in [-0.39, 0.29) is 12.3 Å². The van der Waals surface area contributed by atoms with Crippen molar-refractivity contribution in [3.63, 3.8) is 0 Å². The van der Waals surface area contributed by atoms with Crippen LogP contribution in [0.4, 0.5) is 13.2 Å². The fourth-order valence-electron chi connectivity index (χ4n) is 4.98. The van der Waals surface area contributed by atoms with E-state index in [0.717, 1.165) is 67.2 Å². The Morgan fingerprint density at radius 1 is 1.21 bits per heavy atom. The average Bonchev–Trinajstić information content (AvgIpc) is 3.12. The molecule has 0 radical (unpaired) electrons. The highest BCUT2D eigenvalue weighted by atomic mass is 19.2. The van der Waals surface area contributed by atoms with Gasteiger partial charge in [-0.15, -0.1) is 0 Å². The summed E-state index contributed by atoms with van der Waals surface area (Å²) < 4.78 is 48.6. The van der Waals surface area contributed by atoms with Crippen molar-refractivity contribution in [2.45, 2.75) is 39.2 Å². The first-order valence-corrected chi connectivity index (χ1v) is 11.3. The number of halogens is 3. The number of amides is 1. The molecule has 1 N–H and O–H groups in total. The fraction of sp³-hybridized carbons (Fsp3) is 0.480. The van der Waals surface area contributed by atoms with Crippen LogP contribution in [0.15, 0.2) is 24.3 Å². The van der Waals surface area contributed by atoms with Gasteiger partial charge in [-0.2, -0.15) is 4.39 Å². The number of hydrogen-bond donors (Lipinski definition) is 1. The minimum Gasteiger partial charge on any atom is -0.494 e. The molecule has 0 aromatic heterocycles. The van der Waals surface area contributed by atoms with E-state index in [1.54, 1.807) is 0 Å². The largest absolute Gasteiger partial charge is 0.494 e. The molecule has 0 saturated carbocycles. The van der Waals surface area contributed by atoms with Gasteiger partial charge in [-0.1, -0.05) is 12.1 Å². The van der Waals surface area contributed by atoms with Gasteiger partial charge >= 0.3 is 0 Å². The van der Waals surface area contributed by atoms with Crippen molar-refractivity contribution >= 4 is 5.91 Å². The number of hydrogen-bond acceptors (Lipinski definition) is 4. The number of alkyl halides is 1. The topological polar surface area (TPSA) is 44.8 Å². The Labute approximate surface area is 192 Å². The third-order valence-corrected chi connectivity index (χ3v) is 6.60. The van der Waals surface area contributed by atoms with Crippen molar-refractivity contribution in [3.05, 3.63) is 63.7 Å². The molecule has 178 valence electrons. The Balaban J connectivity index is 1.51. The van der Waals surface area contributed by atoms with Crippen LogP contribution in [0.5, 0.6) is 5.75 Å². The number of carbonyl (C=O) groups excluding carboxylic acids is 1. The molecule has 4 rings (SSSR count). The van der Waals surface area contributed by atoms with Crippen LogP contribution in [-0.4, -0.2) is 49.5 Å². The number of fused-ring (bicyclic) bond motifs is 1. The standard InChI is InChI=1S/C25H30F3N3O2/c1-15-10-17(13-30(2)12-16-6-8-29-9-7-16)11-18-14-31(25(32)21(15)18)24(28)19-4-5-20(33-3)23(27)22(19)26/h4-5,10-11,16,24,29H,6-9,12-14H2,1-3H3. The molecule has 5 nitrogen and oxygen atoms in total. The second kappa shape index (κ2) is 9.73. The van der Waals surface area contributed by atoms with Gasteiger partial charge in [-0.3, -0.25) is 4.79 Å². The molecule has 1 unspecified atom stereocenters. The summed E-state index contributed by atoms with van der Waals surface area (Å²) in [4.78, 5) is 16.2. The lowest BCUT2D eigenvalue weighted by Gasteiger charge is -2.27. The molecule has 8 heteroatoms. The minimum atomic E-state index is -2.10. The van der Waals surface area contributed by atoms with Crippen LogP contribution in [0.1, 0.15) is 51.7 Å². The average molecular weight is 462 g/mol. The van der Waals surface area contributed by atoms with Crippen LogP contribution in [0.25, 0.3) is 0 Å². The van der Waals surface area contributed by atoms with Crippen LogP contribution in [-0.2, 0) is 13.1 Å². The second-order valence-corrected chi connectivity index (χ2v) is 9.09. The van der Waals surface area contributed by atoms with E-state index in [4.69, 9.17) is 4.74 Å². The molecule has 1 amide bonds. The molecule has 2 aliphatic heterocycles. The summed E-state index contributed by atoms with van der Waals surface area (Å²) in [5.74, 6) is -2.77. The second-order valence-electron chi connectivity index (χ2n) is 9.09. The molecule has 1 saturated heterocycles. The van der Waals surface area contributed by atoms with Gasteiger partial charge in [0, 0.05) is 30.8 Å². The summed E-state index contributed by atoms with van der Waals surface area (Å²) >= 11 is 0. The zero-order chi connectivity index (χ0) is 23.7. The van der Waals surface area contributed by atoms with E-state index >= 15 is 4.39 Å². The van der Waals surface area contributed by atoms with E-state index in [2.05, 4.69) is 17.3 Å². The van der Waals surface area contributed by atoms with Crippen molar-refractivity contribution < 1.29 is 22.7 Å². The minimum absolute atomic E-state index is 0.00904. The fourth-order valence-corrected chi connectivity index (χ4v) is 4.98. The monoisotopic (exact) mass is 461 g/mol. The number of piperidine rings is 1. The maximum atomic E-state index is 15.3. The molecule has 2 aromatic rings. The molecule has 2 heterocycles. The van der Waals surface area contributed by atoms with Crippen molar-refractivity contribution in [2.75, 3.05) is 33.8 Å². The molecule has 2 aromatic carbocycles. The Morgan fingerprint density at radius 2 is 1.94 bits per heavy atom. The third-order valence-electron chi connectivity index (χ3n) is 6.60. The molecule has 0 spiro atoms. The third kappa shape index (κ3) is 4.73. The molecular weight excluding hydrogens is 431 g/mol. The smallest absolute Gasteiger partial charge is 0.257 e. The normalized spacial score (nSPS) is 17.5. The van der Waals surface area contributed by atoms with E-state index in [0.29, 0.717) is 17.0 Å². The lowest BCUT2D eigenvalue weighted by molar-refractivity contribution is 0.0469. The van der Waals surface area contributed by atoms with E-state index in [9.17, 15) is 13.6 Å². The number of carbonyl (C=O) groups is 1. The molecule has 0 aliphatic carbocycles. The summed E-state index contributed by atoms with van der Waals surface area (Å²) in [5.41, 5.74) is 2.45. The molecule has 33 heavy (non-hydrogen) atoms. The highest BCUT2D eigenvalue weighted by Gasteiger charge is 2.37. The maximum absolute atomic E-state index is 15.3. The van der Waals surface area contributed by atoms with Crippen molar-refractivity contribution in [3.8, 4) is 5.75 Å². The zero-order valence-electron chi connectivity index (χ0n) is 19.3. The molecule has 1 atom stereocenters. The molecular formula is C25H30F3N3O2.